The topological polar surface area (TPSA) is 40.2 Å². The van der Waals surface area contributed by atoms with E-state index >= 15 is 0 Å². The van der Waals surface area contributed by atoms with Crippen molar-refractivity contribution in [2.24, 2.45) is 0 Å². The van der Waals surface area contributed by atoms with Crippen LogP contribution >= 0.6 is 0 Å². The Morgan fingerprint density at radius 1 is 1.27 bits per heavy atom. The van der Waals surface area contributed by atoms with Gasteiger partial charge in [-0.3, -0.25) is 0 Å². The van der Waals surface area contributed by atoms with Crippen LogP contribution in [0.5, 0.6) is 0 Å². The molecule has 15 heavy (non-hydrogen) atoms. The molecule has 1 aliphatic rings. The van der Waals surface area contributed by atoms with E-state index < -0.39 is 14.8 Å². The first-order valence-corrected chi connectivity index (χ1v) is 7.55. The summed E-state index contributed by atoms with van der Waals surface area (Å²) in [5.41, 5.74) is 0. The Bertz CT molecular complexity index is 146. The minimum Gasteiger partial charge on any atom is -0.479 e. The molecule has 0 spiro atoms. The maximum atomic E-state index is 5.56. The highest BCUT2D eigenvalue weighted by molar-refractivity contribution is 6.44. The van der Waals surface area contributed by atoms with E-state index in [0.29, 0.717) is 6.10 Å². The normalized spacial score (nSPS) is 19.2. The van der Waals surface area contributed by atoms with Crippen LogP contribution in [0.1, 0.15) is 20.3 Å². The van der Waals surface area contributed by atoms with Gasteiger partial charge < -0.3 is 17.1 Å². The summed E-state index contributed by atoms with van der Waals surface area (Å²) in [5, 5.41) is 1.03. The maximum Gasteiger partial charge on any atom is 0.674 e. The van der Waals surface area contributed by atoms with Crippen LogP contribution in [0.15, 0.2) is 0 Å². The largest absolute Gasteiger partial charge is 0.674 e. The van der Waals surface area contributed by atoms with Gasteiger partial charge in [0.1, 0.15) is 6.10 Å². The van der Waals surface area contributed by atoms with Crippen LogP contribution < -0.4 is 0 Å². The van der Waals surface area contributed by atoms with Crippen molar-refractivity contribution in [1.82, 2.24) is 0 Å². The highest BCUT2D eigenvalue weighted by Crippen LogP contribution is 2.09. The SMILES string of the molecule is CC[O][Al]([CH2]CCOCC1CO1)[O]CC. The Labute approximate surface area is 96.9 Å². The van der Waals surface area contributed by atoms with Crippen LogP contribution in [0.2, 0.25) is 5.28 Å². The van der Waals surface area contributed by atoms with E-state index in [0.717, 1.165) is 44.7 Å². The van der Waals surface area contributed by atoms with E-state index in [4.69, 9.17) is 17.1 Å². The summed E-state index contributed by atoms with van der Waals surface area (Å²) in [6.07, 6.45) is 1.40. The summed E-state index contributed by atoms with van der Waals surface area (Å²) < 4.78 is 21.6. The van der Waals surface area contributed by atoms with Crippen LogP contribution in [-0.4, -0.2) is 54.0 Å². The van der Waals surface area contributed by atoms with Crippen molar-refractivity contribution in [1.29, 1.82) is 0 Å². The van der Waals surface area contributed by atoms with Crippen molar-refractivity contribution in [3.05, 3.63) is 0 Å². The fourth-order valence-electron chi connectivity index (χ4n) is 1.32. The lowest BCUT2D eigenvalue weighted by molar-refractivity contribution is 0.114. The maximum absolute atomic E-state index is 5.56. The molecule has 0 aliphatic carbocycles. The predicted octanol–water partition coefficient (Wildman–Crippen LogP) is 1.35. The monoisotopic (exact) mass is 232 g/mol. The zero-order valence-electron chi connectivity index (χ0n) is 9.74. The van der Waals surface area contributed by atoms with E-state index in [1.807, 2.05) is 13.8 Å². The van der Waals surface area contributed by atoms with Gasteiger partial charge in [0.05, 0.1) is 13.2 Å². The third-order valence-electron chi connectivity index (χ3n) is 2.14. The molecule has 1 fully saturated rings. The standard InChI is InChI=1S/C6H11O2.2C2H5O.Al/c1-2-3-7-4-6-5-8-6;2*1-2-3;/h6H,1-5H2;2*2H2,1H3;/q;2*-1;+2. The first-order valence-electron chi connectivity index (χ1n) is 5.79. The molecule has 0 N–H and O–H groups in total. The zero-order valence-corrected chi connectivity index (χ0v) is 10.9. The number of hydrogen-bond donors (Lipinski definition) is 0. The molecule has 0 radical (unpaired) electrons. The molecule has 1 saturated heterocycles. The summed E-state index contributed by atoms with van der Waals surface area (Å²) in [5.74, 6) is 0. The highest BCUT2D eigenvalue weighted by atomic mass is 27.2. The van der Waals surface area contributed by atoms with Crippen LogP contribution in [-0.2, 0) is 17.1 Å². The van der Waals surface area contributed by atoms with Crippen LogP contribution in [0, 0.1) is 0 Å². The third-order valence-corrected chi connectivity index (χ3v) is 4.43. The van der Waals surface area contributed by atoms with Gasteiger partial charge in [0.15, 0.2) is 0 Å². The lowest BCUT2D eigenvalue weighted by Crippen LogP contribution is -2.23. The lowest BCUT2D eigenvalue weighted by atomic mass is 10.5. The third kappa shape index (κ3) is 7.29. The fourth-order valence-corrected chi connectivity index (χ4v) is 2.99. The van der Waals surface area contributed by atoms with Crippen LogP contribution in [0.25, 0.3) is 0 Å². The summed E-state index contributed by atoms with van der Waals surface area (Å²) in [6.45, 7) is 7.95. The molecular formula is C10H21AlO4. The molecule has 0 bridgehead atoms. The van der Waals surface area contributed by atoms with Crippen molar-refractivity contribution < 1.29 is 17.1 Å². The van der Waals surface area contributed by atoms with Gasteiger partial charge >= 0.3 is 14.8 Å². The number of epoxide rings is 1. The smallest absolute Gasteiger partial charge is 0.479 e. The van der Waals surface area contributed by atoms with Crippen molar-refractivity contribution in [3.8, 4) is 0 Å². The van der Waals surface area contributed by atoms with Crippen molar-refractivity contribution >= 4 is 14.8 Å². The summed E-state index contributed by atoms with van der Waals surface area (Å²) in [4.78, 5) is 0. The summed E-state index contributed by atoms with van der Waals surface area (Å²) >= 11 is -1.40. The highest BCUT2D eigenvalue weighted by Gasteiger charge is 2.24. The average molecular weight is 232 g/mol. The van der Waals surface area contributed by atoms with Gasteiger partial charge in [-0.15, -0.1) is 0 Å². The molecule has 88 valence electrons. The molecule has 0 amide bonds. The second-order valence-electron chi connectivity index (χ2n) is 3.51. The second kappa shape index (κ2) is 8.52. The zero-order chi connectivity index (χ0) is 10.9. The van der Waals surface area contributed by atoms with E-state index in [-0.39, 0.29) is 0 Å². The Morgan fingerprint density at radius 3 is 2.47 bits per heavy atom. The van der Waals surface area contributed by atoms with Crippen molar-refractivity contribution in [2.45, 2.75) is 31.7 Å². The van der Waals surface area contributed by atoms with Gasteiger partial charge in [-0.05, 0) is 25.6 Å². The molecule has 1 aliphatic heterocycles. The fraction of sp³-hybridized carbons (Fsp3) is 1.00. The molecule has 1 heterocycles. The van der Waals surface area contributed by atoms with Gasteiger partial charge in [-0.25, -0.2) is 0 Å². The van der Waals surface area contributed by atoms with Crippen LogP contribution in [0.4, 0.5) is 0 Å². The van der Waals surface area contributed by atoms with Gasteiger partial charge in [0.25, 0.3) is 0 Å². The van der Waals surface area contributed by atoms with Gasteiger partial charge in [-0.2, -0.15) is 0 Å². The molecule has 1 atom stereocenters. The molecule has 4 nitrogen and oxygen atoms in total. The molecular weight excluding hydrogens is 211 g/mol. The minimum absolute atomic E-state index is 0.372. The summed E-state index contributed by atoms with van der Waals surface area (Å²) in [7, 11) is 0. The molecule has 0 aromatic heterocycles. The number of ether oxygens (including phenoxy) is 2. The first kappa shape index (κ1) is 13.4. The quantitative estimate of drug-likeness (QED) is 0.324. The molecule has 5 heteroatoms. The van der Waals surface area contributed by atoms with E-state index in [2.05, 4.69) is 0 Å². The van der Waals surface area contributed by atoms with Crippen molar-refractivity contribution in [2.75, 3.05) is 33.0 Å². The predicted molar refractivity (Wildman–Crippen MR) is 59.0 cm³/mol. The lowest BCUT2D eigenvalue weighted by Gasteiger charge is -2.10. The average Bonchev–Trinajstić information content (AvgIpc) is 3.02. The van der Waals surface area contributed by atoms with Gasteiger partial charge in [0, 0.05) is 19.8 Å². The van der Waals surface area contributed by atoms with E-state index in [1.165, 1.54) is 0 Å². The molecule has 0 aromatic rings. The van der Waals surface area contributed by atoms with Crippen LogP contribution in [0.3, 0.4) is 0 Å². The molecule has 1 rings (SSSR count). The first-order chi connectivity index (χ1) is 7.36. The molecule has 0 saturated carbocycles. The Morgan fingerprint density at radius 2 is 1.93 bits per heavy atom. The van der Waals surface area contributed by atoms with E-state index in [1.54, 1.807) is 0 Å². The van der Waals surface area contributed by atoms with Crippen molar-refractivity contribution in [3.63, 3.8) is 0 Å². The number of rotatable bonds is 10. The Hall–Kier alpha value is 0.372. The second-order valence-corrected chi connectivity index (χ2v) is 5.62. The Kier molecular flexibility index (Phi) is 7.63. The number of hydrogen-bond acceptors (Lipinski definition) is 4. The van der Waals surface area contributed by atoms with E-state index in [9.17, 15) is 0 Å². The Balaban J connectivity index is 1.89. The van der Waals surface area contributed by atoms with Gasteiger partial charge in [-0.1, -0.05) is 0 Å². The molecule has 0 aromatic carbocycles. The van der Waals surface area contributed by atoms with Gasteiger partial charge in [0.2, 0.25) is 0 Å². The molecule has 1 unspecified atom stereocenters. The summed E-state index contributed by atoms with van der Waals surface area (Å²) in [6, 6.07) is 0. The minimum atomic E-state index is -1.40.